The number of aromatic nitrogens is 2. The topological polar surface area (TPSA) is 46.6 Å². The molecular weight excluding hydrogens is 236 g/mol. The lowest BCUT2D eigenvalue weighted by molar-refractivity contribution is 0.109. The quantitative estimate of drug-likeness (QED) is 0.901. The molecule has 2 N–H and O–H groups in total. The Morgan fingerprint density at radius 1 is 1.37 bits per heavy atom. The van der Waals surface area contributed by atoms with Gasteiger partial charge >= 0.3 is 0 Å². The van der Waals surface area contributed by atoms with Crippen LogP contribution in [0.4, 0.5) is 5.69 Å². The van der Waals surface area contributed by atoms with E-state index in [-0.39, 0.29) is 0 Å². The first-order valence-corrected chi connectivity index (χ1v) is 7.15. The van der Waals surface area contributed by atoms with Gasteiger partial charge in [0.15, 0.2) is 5.65 Å². The number of nitrogen functional groups attached to an aromatic ring is 1. The van der Waals surface area contributed by atoms with Crippen LogP contribution in [0.5, 0.6) is 0 Å². The van der Waals surface area contributed by atoms with Gasteiger partial charge in [-0.15, -0.1) is 0 Å². The Kier molecular flexibility index (Phi) is 3.19. The second-order valence-corrected chi connectivity index (χ2v) is 5.70. The van der Waals surface area contributed by atoms with E-state index in [1.807, 2.05) is 22.7 Å². The molecule has 1 aliphatic rings. The molecule has 0 bridgehead atoms. The lowest BCUT2D eigenvalue weighted by atomic mass is 9.98. The van der Waals surface area contributed by atoms with Crippen molar-refractivity contribution in [1.29, 1.82) is 0 Å². The highest BCUT2D eigenvalue weighted by Crippen LogP contribution is 2.32. The molecule has 3 heterocycles. The summed E-state index contributed by atoms with van der Waals surface area (Å²) in [4.78, 5) is 7.32. The molecule has 2 aromatic rings. The van der Waals surface area contributed by atoms with E-state index in [0.29, 0.717) is 12.1 Å². The van der Waals surface area contributed by atoms with E-state index >= 15 is 0 Å². The molecule has 1 fully saturated rings. The first kappa shape index (κ1) is 12.5. The highest BCUT2D eigenvalue weighted by Gasteiger charge is 2.27. The Bertz CT molecular complexity index is 573. The second kappa shape index (κ2) is 4.85. The zero-order valence-corrected chi connectivity index (χ0v) is 11.7. The highest BCUT2D eigenvalue weighted by molar-refractivity contribution is 5.64. The number of nitrogens with two attached hydrogens (primary N) is 1. The number of hydrogen-bond donors (Lipinski definition) is 1. The Balaban J connectivity index is 2.00. The highest BCUT2D eigenvalue weighted by atomic mass is 15.2. The van der Waals surface area contributed by atoms with Gasteiger partial charge in [-0.05, 0) is 45.4 Å². The first-order valence-electron chi connectivity index (χ1n) is 7.15. The Hall–Kier alpha value is -1.55. The third-order valence-corrected chi connectivity index (χ3v) is 4.08. The number of anilines is 1. The third kappa shape index (κ3) is 2.21. The van der Waals surface area contributed by atoms with Crippen LogP contribution in [0.25, 0.3) is 5.65 Å². The van der Waals surface area contributed by atoms with Crippen molar-refractivity contribution in [2.24, 2.45) is 0 Å². The van der Waals surface area contributed by atoms with E-state index < -0.39 is 0 Å². The van der Waals surface area contributed by atoms with E-state index in [1.165, 1.54) is 25.8 Å². The molecule has 0 radical (unpaired) electrons. The van der Waals surface area contributed by atoms with Gasteiger partial charge in [-0.1, -0.05) is 6.42 Å². The van der Waals surface area contributed by atoms with Crippen LogP contribution < -0.4 is 5.73 Å². The molecule has 0 amide bonds. The van der Waals surface area contributed by atoms with E-state index in [1.54, 1.807) is 0 Å². The molecule has 0 aromatic carbocycles. The zero-order valence-electron chi connectivity index (χ0n) is 11.7. The van der Waals surface area contributed by atoms with Crippen molar-refractivity contribution in [3.05, 3.63) is 30.2 Å². The van der Waals surface area contributed by atoms with Crippen molar-refractivity contribution in [1.82, 2.24) is 14.3 Å². The summed E-state index contributed by atoms with van der Waals surface area (Å²) in [5.41, 5.74) is 8.79. The van der Waals surface area contributed by atoms with Gasteiger partial charge in [0.2, 0.25) is 0 Å². The zero-order chi connectivity index (χ0) is 13.4. The molecule has 1 aliphatic heterocycles. The molecule has 4 nitrogen and oxygen atoms in total. The molecule has 1 atom stereocenters. The predicted octanol–water partition coefficient (Wildman–Crippen LogP) is 2.85. The first-order chi connectivity index (χ1) is 9.16. The number of nitrogens with zero attached hydrogens (tertiary/aromatic N) is 3. The number of pyridine rings is 1. The fraction of sp³-hybridized carbons (Fsp3) is 0.533. The predicted molar refractivity (Wildman–Crippen MR) is 78.0 cm³/mol. The molecule has 19 heavy (non-hydrogen) atoms. The molecule has 3 rings (SSSR count). The fourth-order valence-electron chi connectivity index (χ4n) is 3.10. The molecule has 4 heteroatoms. The average Bonchev–Trinajstić information content (AvgIpc) is 2.84. The van der Waals surface area contributed by atoms with E-state index in [9.17, 15) is 0 Å². The van der Waals surface area contributed by atoms with Gasteiger partial charge in [-0.25, -0.2) is 4.98 Å². The van der Waals surface area contributed by atoms with Gasteiger partial charge in [-0.2, -0.15) is 0 Å². The summed E-state index contributed by atoms with van der Waals surface area (Å²) in [7, 11) is 0. The minimum atomic E-state index is 0.438. The minimum absolute atomic E-state index is 0.438. The lowest BCUT2D eigenvalue weighted by Crippen LogP contribution is -2.38. The molecular formula is C15H22N4. The van der Waals surface area contributed by atoms with E-state index in [2.05, 4.69) is 24.9 Å². The average molecular weight is 258 g/mol. The van der Waals surface area contributed by atoms with Crippen LogP contribution in [0.1, 0.15) is 44.8 Å². The van der Waals surface area contributed by atoms with Crippen LogP contribution in [0.15, 0.2) is 24.5 Å². The number of piperidine rings is 1. The summed E-state index contributed by atoms with van der Waals surface area (Å²) in [6, 6.07) is 4.88. The normalized spacial score (nSPS) is 21.3. The SMILES string of the molecule is CC(C)N1CCCCC1c1cn2cccc(N)c2n1. The van der Waals surface area contributed by atoms with Crippen LogP contribution in [0.3, 0.4) is 0 Å². The van der Waals surface area contributed by atoms with Crippen molar-refractivity contribution in [3.8, 4) is 0 Å². The number of hydrogen-bond acceptors (Lipinski definition) is 3. The van der Waals surface area contributed by atoms with Gasteiger partial charge in [-0.3, -0.25) is 4.90 Å². The summed E-state index contributed by atoms with van der Waals surface area (Å²) in [6.45, 7) is 5.71. The van der Waals surface area contributed by atoms with Crippen LogP contribution in [0.2, 0.25) is 0 Å². The fourth-order valence-corrected chi connectivity index (χ4v) is 3.10. The van der Waals surface area contributed by atoms with Crippen molar-refractivity contribution in [2.45, 2.75) is 45.2 Å². The van der Waals surface area contributed by atoms with Crippen molar-refractivity contribution in [3.63, 3.8) is 0 Å². The van der Waals surface area contributed by atoms with Crippen molar-refractivity contribution >= 4 is 11.3 Å². The second-order valence-electron chi connectivity index (χ2n) is 5.70. The Labute approximate surface area is 114 Å². The Morgan fingerprint density at radius 2 is 2.21 bits per heavy atom. The molecule has 0 aliphatic carbocycles. The number of imidazole rings is 1. The number of fused-ring (bicyclic) bond motifs is 1. The number of likely N-dealkylation sites (tertiary alicyclic amines) is 1. The van der Waals surface area contributed by atoms with Gasteiger partial charge in [0, 0.05) is 18.4 Å². The summed E-state index contributed by atoms with van der Waals surface area (Å²) < 4.78 is 2.04. The van der Waals surface area contributed by atoms with Gasteiger partial charge in [0.1, 0.15) is 0 Å². The van der Waals surface area contributed by atoms with Gasteiger partial charge < -0.3 is 10.1 Å². The standard InChI is InChI=1S/C15H22N4/c1-11(2)19-9-4-3-7-14(19)13-10-18-8-5-6-12(16)15(18)17-13/h5-6,8,10-11,14H,3-4,7,9,16H2,1-2H3. The molecule has 1 saturated heterocycles. The number of rotatable bonds is 2. The molecule has 0 spiro atoms. The molecule has 0 saturated carbocycles. The van der Waals surface area contributed by atoms with Crippen molar-refractivity contribution < 1.29 is 0 Å². The largest absolute Gasteiger partial charge is 0.396 e. The van der Waals surface area contributed by atoms with Gasteiger partial charge in [0.25, 0.3) is 0 Å². The van der Waals surface area contributed by atoms with Crippen LogP contribution in [-0.2, 0) is 0 Å². The maximum absolute atomic E-state index is 6.00. The lowest BCUT2D eigenvalue weighted by Gasteiger charge is -2.37. The maximum Gasteiger partial charge on any atom is 0.160 e. The van der Waals surface area contributed by atoms with E-state index in [4.69, 9.17) is 10.7 Å². The minimum Gasteiger partial charge on any atom is -0.396 e. The summed E-state index contributed by atoms with van der Waals surface area (Å²) >= 11 is 0. The summed E-state index contributed by atoms with van der Waals surface area (Å²) in [6.07, 6.45) is 7.94. The maximum atomic E-state index is 6.00. The van der Waals surface area contributed by atoms with Gasteiger partial charge in [0.05, 0.1) is 17.4 Å². The summed E-state index contributed by atoms with van der Waals surface area (Å²) in [5.74, 6) is 0. The Morgan fingerprint density at radius 3 is 2.95 bits per heavy atom. The monoisotopic (exact) mass is 258 g/mol. The van der Waals surface area contributed by atoms with Crippen molar-refractivity contribution in [2.75, 3.05) is 12.3 Å². The van der Waals surface area contributed by atoms with Crippen LogP contribution in [0, 0.1) is 0 Å². The smallest absolute Gasteiger partial charge is 0.160 e. The van der Waals surface area contributed by atoms with Crippen LogP contribution >= 0.6 is 0 Å². The van der Waals surface area contributed by atoms with Crippen LogP contribution in [-0.4, -0.2) is 26.9 Å². The molecule has 1 unspecified atom stereocenters. The summed E-state index contributed by atoms with van der Waals surface area (Å²) in [5, 5.41) is 0. The molecule has 102 valence electrons. The molecule has 2 aromatic heterocycles. The van der Waals surface area contributed by atoms with E-state index in [0.717, 1.165) is 17.0 Å². The third-order valence-electron chi connectivity index (χ3n) is 4.08.